The summed E-state index contributed by atoms with van der Waals surface area (Å²) in [5.41, 5.74) is -1.35. The number of nitriles is 1. The zero-order valence-electron chi connectivity index (χ0n) is 10.4. The van der Waals surface area contributed by atoms with Crippen molar-refractivity contribution in [1.82, 2.24) is 4.90 Å². The molecule has 0 aromatic heterocycles. The van der Waals surface area contributed by atoms with Crippen LogP contribution in [-0.4, -0.2) is 36.3 Å². The van der Waals surface area contributed by atoms with Crippen LogP contribution in [0.15, 0.2) is 0 Å². The summed E-state index contributed by atoms with van der Waals surface area (Å²) in [6, 6.07) is 1.89. The summed E-state index contributed by atoms with van der Waals surface area (Å²) >= 11 is 0. The molecule has 2 unspecified atom stereocenters. The standard InChI is InChI=1S/C13H18N4O/c14-7-13(8-15,9-16)4-12(18)17-5-10-2-1-3-11(10)6-17/h7-8,10-11,14-15H,1-6H2. The summed E-state index contributed by atoms with van der Waals surface area (Å²) < 4.78 is 0. The SMILES string of the molecule is N#CC(C=N)(C=N)CC(=O)N1CC2CCCC2C1. The van der Waals surface area contributed by atoms with Gasteiger partial charge in [-0.15, -0.1) is 0 Å². The third-order valence-corrected chi connectivity index (χ3v) is 4.25. The Morgan fingerprint density at radius 1 is 1.33 bits per heavy atom. The van der Waals surface area contributed by atoms with Gasteiger partial charge in [-0.1, -0.05) is 6.42 Å². The lowest BCUT2D eigenvalue weighted by Gasteiger charge is -2.21. The van der Waals surface area contributed by atoms with Crippen molar-refractivity contribution in [3.05, 3.63) is 0 Å². The molecule has 18 heavy (non-hydrogen) atoms. The van der Waals surface area contributed by atoms with Gasteiger partial charge in [0.05, 0.1) is 12.5 Å². The van der Waals surface area contributed by atoms with E-state index in [0.717, 1.165) is 25.5 Å². The zero-order valence-corrected chi connectivity index (χ0v) is 10.4. The molecule has 1 heterocycles. The molecule has 96 valence electrons. The van der Waals surface area contributed by atoms with Gasteiger partial charge in [-0.05, 0) is 24.7 Å². The van der Waals surface area contributed by atoms with Crippen LogP contribution in [0.5, 0.6) is 0 Å². The fourth-order valence-corrected chi connectivity index (χ4v) is 3.05. The van der Waals surface area contributed by atoms with Gasteiger partial charge in [0.1, 0.15) is 5.41 Å². The van der Waals surface area contributed by atoms with E-state index in [4.69, 9.17) is 16.1 Å². The highest BCUT2D eigenvalue weighted by Gasteiger charge is 2.40. The van der Waals surface area contributed by atoms with Gasteiger partial charge < -0.3 is 15.7 Å². The quantitative estimate of drug-likeness (QED) is 0.735. The van der Waals surface area contributed by atoms with Gasteiger partial charge in [-0.25, -0.2) is 0 Å². The summed E-state index contributed by atoms with van der Waals surface area (Å²) in [6.07, 6.45) is 5.39. The maximum absolute atomic E-state index is 12.1. The molecule has 1 aliphatic carbocycles. The summed E-state index contributed by atoms with van der Waals surface area (Å²) in [7, 11) is 0. The van der Waals surface area contributed by atoms with Crippen LogP contribution in [0.4, 0.5) is 0 Å². The van der Waals surface area contributed by atoms with Gasteiger partial charge in [-0.3, -0.25) is 4.79 Å². The molecule has 2 rings (SSSR count). The highest BCUT2D eigenvalue weighted by atomic mass is 16.2. The molecular weight excluding hydrogens is 228 g/mol. The summed E-state index contributed by atoms with van der Waals surface area (Å²) in [4.78, 5) is 13.9. The predicted molar refractivity (Wildman–Crippen MR) is 67.6 cm³/mol. The second-order valence-electron chi connectivity index (χ2n) is 5.37. The van der Waals surface area contributed by atoms with Crippen LogP contribution in [0.2, 0.25) is 0 Å². The molecular formula is C13H18N4O. The van der Waals surface area contributed by atoms with E-state index in [1.165, 1.54) is 19.3 Å². The van der Waals surface area contributed by atoms with E-state index in [-0.39, 0.29) is 12.3 Å². The monoisotopic (exact) mass is 246 g/mol. The second-order valence-corrected chi connectivity index (χ2v) is 5.37. The first kappa shape index (κ1) is 12.7. The average Bonchev–Trinajstić information content (AvgIpc) is 2.96. The first-order valence-corrected chi connectivity index (χ1v) is 6.36. The van der Waals surface area contributed by atoms with Crippen molar-refractivity contribution in [1.29, 1.82) is 16.1 Å². The number of fused-ring (bicyclic) bond motifs is 1. The Balaban J connectivity index is 1.99. The van der Waals surface area contributed by atoms with Crippen molar-refractivity contribution in [2.24, 2.45) is 17.3 Å². The summed E-state index contributed by atoms with van der Waals surface area (Å²) in [5, 5.41) is 23.5. The molecule has 0 aromatic rings. The molecule has 5 nitrogen and oxygen atoms in total. The molecule has 0 bridgehead atoms. The van der Waals surface area contributed by atoms with Crippen LogP contribution in [0.1, 0.15) is 25.7 Å². The third kappa shape index (κ3) is 2.15. The molecule has 2 N–H and O–H groups in total. The van der Waals surface area contributed by atoms with Gasteiger partial charge in [-0.2, -0.15) is 5.26 Å². The number of carbonyl (C=O) groups excluding carboxylic acids is 1. The number of hydrogen-bond donors (Lipinski definition) is 2. The zero-order chi connectivity index (χ0) is 13.2. The number of carbonyl (C=O) groups is 1. The molecule has 1 saturated heterocycles. The van der Waals surface area contributed by atoms with Crippen LogP contribution in [0.3, 0.4) is 0 Å². The lowest BCUT2D eigenvalue weighted by molar-refractivity contribution is -0.131. The van der Waals surface area contributed by atoms with Crippen LogP contribution in [0.25, 0.3) is 0 Å². The van der Waals surface area contributed by atoms with Crippen LogP contribution >= 0.6 is 0 Å². The number of amides is 1. The average molecular weight is 246 g/mol. The van der Waals surface area contributed by atoms with Crippen molar-refractivity contribution < 1.29 is 4.79 Å². The minimum absolute atomic E-state index is 0.0735. The Morgan fingerprint density at radius 3 is 2.33 bits per heavy atom. The Kier molecular flexibility index (Phi) is 3.46. The molecule has 5 heteroatoms. The first-order chi connectivity index (χ1) is 8.64. The number of rotatable bonds is 4. The normalized spacial score (nSPS) is 29.2. The highest BCUT2D eigenvalue weighted by Crippen LogP contribution is 2.38. The smallest absolute Gasteiger partial charge is 0.224 e. The van der Waals surface area contributed by atoms with Crippen molar-refractivity contribution in [2.45, 2.75) is 25.7 Å². The van der Waals surface area contributed by atoms with E-state index in [1.807, 2.05) is 11.0 Å². The molecule has 1 amide bonds. The van der Waals surface area contributed by atoms with Gasteiger partial charge in [0, 0.05) is 25.5 Å². The Bertz CT molecular complexity index is 392. The highest BCUT2D eigenvalue weighted by molar-refractivity contribution is 5.96. The van der Waals surface area contributed by atoms with E-state index < -0.39 is 5.41 Å². The molecule has 2 aliphatic rings. The van der Waals surface area contributed by atoms with Crippen molar-refractivity contribution in [2.75, 3.05) is 13.1 Å². The van der Waals surface area contributed by atoms with Gasteiger partial charge >= 0.3 is 0 Å². The number of hydrogen-bond acceptors (Lipinski definition) is 4. The fraction of sp³-hybridized carbons (Fsp3) is 0.692. The largest absolute Gasteiger partial charge is 0.342 e. The van der Waals surface area contributed by atoms with E-state index in [9.17, 15) is 4.79 Å². The lowest BCUT2D eigenvalue weighted by atomic mass is 9.88. The second kappa shape index (κ2) is 4.89. The molecule has 1 aliphatic heterocycles. The minimum atomic E-state index is -1.35. The number of nitrogens with zero attached hydrogens (tertiary/aromatic N) is 2. The lowest BCUT2D eigenvalue weighted by Crippen LogP contribution is -2.35. The van der Waals surface area contributed by atoms with Crippen LogP contribution in [-0.2, 0) is 4.79 Å². The fourth-order valence-electron chi connectivity index (χ4n) is 3.05. The van der Waals surface area contributed by atoms with Crippen LogP contribution in [0, 0.1) is 39.4 Å². The van der Waals surface area contributed by atoms with Crippen molar-refractivity contribution >= 4 is 18.3 Å². The Hall–Kier alpha value is -1.70. The van der Waals surface area contributed by atoms with Crippen molar-refractivity contribution in [3.63, 3.8) is 0 Å². The van der Waals surface area contributed by atoms with Gasteiger partial charge in [0.15, 0.2) is 0 Å². The van der Waals surface area contributed by atoms with Gasteiger partial charge in [0.25, 0.3) is 0 Å². The predicted octanol–water partition coefficient (Wildman–Crippen LogP) is 1.44. The van der Waals surface area contributed by atoms with Gasteiger partial charge in [0.2, 0.25) is 5.91 Å². The number of nitrogens with one attached hydrogen (secondary N) is 2. The molecule has 0 radical (unpaired) electrons. The summed E-state index contributed by atoms with van der Waals surface area (Å²) in [6.45, 7) is 1.59. The maximum Gasteiger partial charge on any atom is 0.224 e. The topological polar surface area (TPSA) is 91.8 Å². The van der Waals surface area contributed by atoms with E-state index >= 15 is 0 Å². The van der Waals surface area contributed by atoms with E-state index in [2.05, 4.69) is 0 Å². The molecule has 0 spiro atoms. The molecule has 1 saturated carbocycles. The minimum Gasteiger partial charge on any atom is -0.342 e. The molecule has 2 atom stereocenters. The third-order valence-electron chi connectivity index (χ3n) is 4.25. The van der Waals surface area contributed by atoms with Crippen molar-refractivity contribution in [3.8, 4) is 6.07 Å². The first-order valence-electron chi connectivity index (χ1n) is 6.36. The summed E-state index contributed by atoms with van der Waals surface area (Å²) in [5.74, 6) is 1.16. The molecule has 2 fully saturated rings. The number of likely N-dealkylation sites (tertiary alicyclic amines) is 1. The van der Waals surface area contributed by atoms with E-state index in [0.29, 0.717) is 11.8 Å². The maximum atomic E-state index is 12.1. The Morgan fingerprint density at radius 2 is 1.89 bits per heavy atom. The molecule has 0 aromatic carbocycles. The Labute approximate surface area is 107 Å². The van der Waals surface area contributed by atoms with E-state index in [1.54, 1.807) is 0 Å². The van der Waals surface area contributed by atoms with Crippen LogP contribution < -0.4 is 0 Å².